The van der Waals surface area contributed by atoms with Gasteiger partial charge in [-0.3, -0.25) is 4.79 Å². The van der Waals surface area contributed by atoms with Crippen molar-refractivity contribution in [2.75, 3.05) is 34.5 Å². The Kier molecular flexibility index (Phi) is 6.57. The van der Waals surface area contributed by atoms with Crippen LogP contribution < -0.4 is 5.32 Å². The zero-order valence-corrected chi connectivity index (χ0v) is 16.4. The Balaban J connectivity index is 1.84. The fourth-order valence-electron chi connectivity index (χ4n) is 2.84. The molecule has 0 atom stereocenters. The Hall–Kier alpha value is -2.26. The normalized spacial score (nSPS) is 11.4. The summed E-state index contributed by atoms with van der Waals surface area (Å²) < 4.78 is 17.6. The van der Waals surface area contributed by atoms with E-state index in [1.807, 2.05) is 12.1 Å². The number of amides is 1. The first-order valence-electron chi connectivity index (χ1n) is 8.54. The Morgan fingerprint density at radius 3 is 2.78 bits per heavy atom. The molecule has 1 amide bonds. The first-order valence-corrected chi connectivity index (χ1v) is 9.42. The molecule has 3 rings (SSSR count). The smallest absolute Gasteiger partial charge is 0.270 e. The maximum absolute atomic E-state index is 12.3. The number of carbonyl (C=O) groups is 1. The van der Waals surface area contributed by atoms with Crippen molar-refractivity contribution in [3.05, 3.63) is 41.4 Å². The highest BCUT2D eigenvalue weighted by molar-refractivity contribution is 7.13. The third-order valence-electron chi connectivity index (χ3n) is 4.24. The summed E-state index contributed by atoms with van der Waals surface area (Å²) in [5.74, 6) is -0.254. The van der Waals surface area contributed by atoms with E-state index >= 15 is 0 Å². The summed E-state index contributed by atoms with van der Waals surface area (Å²) in [5, 5.41) is 6.46. The maximum atomic E-state index is 12.3. The third kappa shape index (κ3) is 4.36. The van der Waals surface area contributed by atoms with Gasteiger partial charge in [-0.2, -0.15) is 0 Å². The van der Waals surface area contributed by atoms with Crippen LogP contribution in [-0.4, -0.2) is 56.2 Å². The van der Waals surface area contributed by atoms with Crippen molar-refractivity contribution in [3.8, 4) is 10.7 Å². The summed E-state index contributed by atoms with van der Waals surface area (Å²) in [7, 11) is 4.74. The van der Waals surface area contributed by atoms with Gasteiger partial charge < -0.3 is 24.1 Å². The van der Waals surface area contributed by atoms with Crippen molar-refractivity contribution in [1.29, 1.82) is 0 Å². The fraction of sp³-hybridized carbons (Fsp3) is 0.368. The van der Waals surface area contributed by atoms with Gasteiger partial charge in [0.05, 0.1) is 18.8 Å². The van der Waals surface area contributed by atoms with Crippen molar-refractivity contribution < 1.29 is 19.0 Å². The van der Waals surface area contributed by atoms with Gasteiger partial charge in [0.25, 0.3) is 5.91 Å². The summed E-state index contributed by atoms with van der Waals surface area (Å²) >= 11 is 1.44. The van der Waals surface area contributed by atoms with Gasteiger partial charge in [0.2, 0.25) is 0 Å². The summed E-state index contributed by atoms with van der Waals surface area (Å²) in [6, 6.07) is 10.3. The molecule has 2 aromatic heterocycles. The number of nitrogens with one attached hydrogen (secondary N) is 1. The number of rotatable bonds is 9. The number of nitrogens with zero attached hydrogens (tertiary/aromatic N) is 2. The molecule has 144 valence electrons. The summed E-state index contributed by atoms with van der Waals surface area (Å²) in [5.41, 5.74) is 2.47. The molecule has 0 saturated heterocycles. The molecule has 0 aliphatic carbocycles. The van der Waals surface area contributed by atoms with E-state index < -0.39 is 6.29 Å². The van der Waals surface area contributed by atoms with Crippen molar-refractivity contribution in [2.45, 2.75) is 12.8 Å². The number of benzene rings is 1. The molecular formula is C19H23N3O4S. The van der Waals surface area contributed by atoms with E-state index in [0.717, 1.165) is 21.6 Å². The molecule has 0 unspecified atom stereocenters. The van der Waals surface area contributed by atoms with Crippen LogP contribution in [-0.2, 0) is 20.8 Å². The Bertz CT molecular complexity index is 901. The highest BCUT2D eigenvalue weighted by Gasteiger charge is 2.17. The van der Waals surface area contributed by atoms with E-state index in [1.54, 1.807) is 12.5 Å². The van der Waals surface area contributed by atoms with Crippen molar-refractivity contribution in [3.63, 3.8) is 0 Å². The van der Waals surface area contributed by atoms with E-state index in [1.165, 1.54) is 25.6 Å². The average molecular weight is 389 g/mol. The summed E-state index contributed by atoms with van der Waals surface area (Å²) in [4.78, 5) is 16.9. The van der Waals surface area contributed by atoms with Gasteiger partial charge in [0.15, 0.2) is 6.29 Å². The second-order valence-corrected chi connectivity index (χ2v) is 6.74. The van der Waals surface area contributed by atoms with Gasteiger partial charge >= 0.3 is 0 Å². The lowest BCUT2D eigenvalue weighted by Crippen LogP contribution is -2.34. The molecule has 1 aromatic carbocycles. The van der Waals surface area contributed by atoms with Crippen molar-refractivity contribution in [2.24, 2.45) is 0 Å². The van der Waals surface area contributed by atoms with E-state index in [9.17, 15) is 4.79 Å². The molecule has 3 aromatic rings. The number of hydrogen-bond donors (Lipinski definition) is 1. The second-order valence-electron chi connectivity index (χ2n) is 5.88. The predicted molar refractivity (Wildman–Crippen MR) is 105 cm³/mol. The Morgan fingerprint density at radius 2 is 2.04 bits per heavy atom. The van der Waals surface area contributed by atoms with Gasteiger partial charge in [-0.15, -0.1) is 11.3 Å². The number of para-hydroxylation sites is 1. The topological polar surface area (TPSA) is 74.6 Å². The largest absolute Gasteiger partial charge is 0.383 e. The molecule has 1 N–H and O–H groups in total. The van der Waals surface area contributed by atoms with E-state index in [-0.39, 0.29) is 12.5 Å². The molecule has 2 heterocycles. The third-order valence-corrected chi connectivity index (χ3v) is 5.11. The molecule has 7 nitrogen and oxygen atoms in total. The van der Waals surface area contributed by atoms with Gasteiger partial charge in [-0.25, -0.2) is 4.98 Å². The Labute approximate surface area is 161 Å². The summed E-state index contributed by atoms with van der Waals surface area (Å²) in [6.07, 6.45) is -0.483. The molecule has 0 spiro atoms. The quantitative estimate of drug-likeness (QED) is 0.570. The number of aromatic nitrogens is 2. The predicted octanol–water partition coefficient (Wildman–Crippen LogP) is 2.76. The van der Waals surface area contributed by atoms with Crippen molar-refractivity contribution >= 4 is 28.1 Å². The molecule has 0 saturated carbocycles. The average Bonchev–Trinajstić information content (AvgIpc) is 3.32. The van der Waals surface area contributed by atoms with E-state index in [4.69, 9.17) is 14.2 Å². The lowest BCUT2D eigenvalue weighted by atomic mass is 10.2. The van der Waals surface area contributed by atoms with E-state index in [2.05, 4.69) is 33.1 Å². The number of hydrogen-bond acceptors (Lipinski definition) is 6. The van der Waals surface area contributed by atoms with Gasteiger partial charge in [0, 0.05) is 44.2 Å². The molecule has 0 aliphatic heterocycles. The van der Waals surface area contributed by atoms with Crippen LogP contribution in [0, 0.1) is 0 Å². The standard InChI is InChI=1S/C19H23N3O4S/c1-24-9-8-22-15-7-5-4-6-13(15)10-16(22)19-21-14(12-27-19)18(23)20-11-17(25-2)26-3/h4-7,10,12,17H,8-9,11H2,1-3H3,(H,20,23). The molecule has 0 radical (unpaired) electrons. The molecule has 0 fully saturated rings. The van der Waals surface area contributed by atoms with Crippen LogP contribution in [0.5, 0.6) is 0 Å². The monoisotopic (exact) mass is 389 g/mol. The van der Waals surface area contributed by atoms with Crippen LogP contribution >= 0.6 is 11.3 Å². The number of ether oxygens (including phenoxy) is 3. The van der Waals surface area contributed by atoms with Crippen LogP contribution in [0.2, 0.25) is 0 Å². The fourth-order valence-corrected chi connectivity index (χ4v) is 3.66. The zero-order chi connectivity index (χ0) is 19.2. The van der Waals surface area contributed by atoms with Gasteiger partial charge in [-0.1, -0.05) is 18.2 Å². The number of fused-ring (bicyclic) bond motifs is 1. The second kappa shape index (κ2) is 9.09. The first kappa shape index (κ1) is 19.5. The molecule has 0 bridgehead atoms. The highest BCUT2D eigenvalue weighted by atomic mass is 32.1. The summed E-state index contributed by atoms with van der Waals surface area (Å²) in [6.45, 7) is 1.57. The van der Waals surface area contributed by atoms with Crippen LogP contribution in [0.15, 0.2) is 35.7 Å². The minimum absolute atomic E-state index is 0.254. The minimum atomic E-state index is -0.483. The number of methoxy groups -OCH3 is 3. The molecular weight excluding hydrogens is 366 g/mol. The minimum Gasteiger partial charge on any atom is -0.383 e. The molecule has 0 aliphatic rings. The lowest BCUT2D eigenvalue weighted by Gasteiger charge is -2.13. The van der Waals surface area contributed by atoms with E-state index in [0.29, 0.717) is 18.8 Å². The van der Waals surface area contributed by atoms with Crippen molar-refractivity contribution in [1.82, 2.24) is 14.9 Å². The molecule has 27 heavy (non-hydrogen) atoms. The Morgan fingerprint density at radius 1 is 1.26 bits per heavy atom. The highest BCUT2D eigenvalue weighted by Crippen LogP contribution is 2.30. The number of thiazole rings is 1. The first-order chi connectivity index (χ1) is 13.2. The van der Waals surface area contributed by atoms with Gasteiger partial charge in [0.1, 0.15) is 10.7 Å². The van der Waals surface area contributed by atoms with Crippen LogP contribution in [0.25, 0.3) is 21.6 Å². The molecule has 8 heteroatoms. The van der Waals surface area contributed by atoms with Crippen LogP contribution in [0.1, 0.15) is 10.5 Å². The van der Waals surface area contributed by atoms with Crippen LogP contribution in [0.3, 0.4) is 0 Å². The lowest BCUT2D eigenvalue weighted by molar-refractivity contribution is -0.0974. The van der Waals surface area contributed by atoms with Gasteiger partial charge in [-0.05, 0) is 12.1 Å². The maximum Gasteiger partial charge on any atom is 0.270 e. The van der Waals surface area contributed by atoms with Crippen LogP contribution in [0.4, 0.5) is 0 Å². The zero-order valence-electron chi connectivity index (χ0n) is 15.6. The SMILES string of the molecule is COCCn1c(-c2nc(C(=O)NCC(OC)OC)cs2)cc2ccccc21. The number of carbonyl (C=O) groups excluding carboxylic acids is 1.